The maximum atomic E-state index is 5.39. The fraction of sp³-hybridized carbons (Fsp3) is 0.846. The predicted octanol–water partition coefficient (Wildman–Crippen LogP) is 2.94. The molecule has 2 rings (SSSR count). The molecule has 1 N–H and O–H groups in total. The van der Waals surface area contributed by atoms with Gasteiger partial charge in [0, 0.05) is 18.0 Å². The van der Waals surface area contributed by atoms with Crippen molar-refractivity contribution in [3.05, 3.63) is 10.6 Å². The van der Waals surface area contributed by atoms with Crippen molar-refractivity contribution in [1.29, 1.82) is 0 Å². The second-order valence-corrected chi connectivity index (χ2v) is 6.34. The first-order chi connectivity index (χ1) is 8.46. The van der Waals surface area contributed by atoms with Crippen LogP contribution in [-0.2, 0) is 6.54 Å². The van der Waals surface area contributed by atoms with Crippen LogP contribution in [0.5, 0.6) is 0 Å². The zero-order chi connectivity index (χ0) is 13.3. The van der Waals surface area contributed by atoms with Crippen molar-refractivity contribution >= 4 is 12.2 Å². The van der Waals surface area contributed by atoms with E-state index in [1.807, 2.05) is 0 Å². The van der Waals surface area contributed by atoms with E-state index in [4.69, 9.17) is 12.2 Å². The number of hydrogen-bond acceptors (Lipinski definition) is 3. The quantitative estimate of drug-likeness (QED) is 0.853. The smallest absolute Gasteiger partial charge is 0.195 e. The number of hydrogen-bond donors (Lipinski definition) is 1. The Bertz CT molecular complexity index is 452. The molecule has 0 saturated heterocycles. The van der Waals surface area contributed by atoms with Crippen molar-refractivity contribution < 1.29 is 0 Å². The third kappa shape index (κ3) is 2.38. The Labute approximate surface area is 114 Å². The Morgan fingerprint density at radius 1 is 1.39 bits per heavy atom. The molecular weight excluding hydrogens is 244 g/mol. The fourth-order valence-corrected chi connectivity index (χ4v) is 3.20. The lowest BCUT2D eigenvalue weighted by Gasteiger charge is -2.37. The first-order valence-corrected chi connectivity index (χ1v) is 7.20. The Morgan fingerprint density at radius 3 is 2.50 bits per heavy atom. The average molecular weight is 268 g/mol. The first-order valence-electron chi connectivity index (χ1n) is 6.79. The molecule has 4 nitrogen and oxygen atoms in total. The van der Waals surface area contributed by atoms with Crippen LogP contribution in [0.1, 0.15) is 51.3 Å². The second kappa shape index (κ2) is 5.13. The Morgan fingerprint density at radius 2 is 2.00 bits per heavy atom. The van der Waals surface area contributed by atoms with Crippen LogP contribution < -0.4 is 0 Å². The van der Waals surface area contributed by atoms with Gasteiger partial charge in [-0.25, -0.2) is 0 Å². The molecule has 0 spiro atoms. The van der Waals surface area contributed by atoms with Crippen molar-refractivity contribution in [2.45, 2.75) is 57.5 Å². The standard InChI is InChI=1S/C13H24N4S/c1-10(2)11-14-15-12(18)17(11)9-13(16(3)4)7-5-6-8-13/h10H,5-9H2,1-4H3,(H,15,18). The molecule has 0 aromatic carbocycles. The summed E-state index contributed by atoms with van der Waals surface area (Å²) in [6.45, 7) is 5.29. The molecule has 0 bridgehead atoms. The van der Waals surface area contributed by atoms with Crippen LogP contribution in [0, 0.1) is 4.77 Å². The molecule has 1 aromatic rings. The lowest BCUT2D eigenvalue weighted by Crippen LogP contribution is -2.45. The van der Waals surface area contributed by atoms with Gasteiger partial charge in [-0.05, 0) is 39.2 Å². The summed E-state index contributed by atoms with van der Waals surface area (Å²) in [6.07, 6.45) is 5.15. The largest absolute Gasteiger partial charge is 0.302 e. The maximum Gasteiger partial charge on any atom is 0.195 e. The minimum Gasteiger partial charge on any atom is -0.302 e. The van der Waals surface area contributed by atoms with Crippen molar-refractivity contribution in [3.8, 4) is 0 Å². The minimum absolute atomic E-state index is 0.256. The van der Waals surface area contributed by atoms with Gasteiger partial charge in [0.25, 0.3) is 0 Å². The third-order valence-electron chi connectivity index (χ3n) is 4.24. The van der Waals surface area contributed by atoms with Gasteiger partial charge in [0.1, 0.15) is 5.82 Å². The SMILES string of the molecule is CC(C)c1n[nH]c(=S)n1CC1(N(C)C)CCCC1. The molecule has 18 heavy (non-hydrogen) atoms. The van der Waals surface area contributed by atoms with E-state index < -0.39 is 0 Å². The van der Waals surface area contributed by atoms with Gasteiger partial charge in [-0.3, -0.25) is 5.10 Å². The van der Waals surface area contributed by atoms with Crippen LogP contribution in [0.2, 0.25) is 0 Å². The van der Waals surface area contributed by atoms with Gasteiger partial charge in [0.15, 0.2) is 4.77 Å². The van der Waals surface area contributed by atoms with Crippen LogP contribution in [0.15, 0.2) is 0 Å². The molecule has 5 heteroatoms. The fourth-order valence-electron chi connectivity index (χ4n) is 3.00. The van der Waals surface area contributed by atoms with E-state index >= 15 is 0 Å². The predicted molar refractivity (Wildman–Crippen MR) is 76.4 cm³/mol. The van der Waals surface area contributed by atoms with Crippen molar-refractivity contribution in [2.24, 2.45) is 0 Å². The van der Waals surface area contributed by atoms with Gasteiger partial charge in [0.05, 0.1) is 0 Å². The van der Waals surface area contributed by atoms with Gasteiger partial charge in [0.2, 0.25) is 0 Å². The van der Waals surface area contributed by atoms with E-state index in [9.17, 15) is 0 Å². The molecule has 102 valence electrons. The van der Waals surface area contributed by atoms with E-state index in [0.29, 0.717) is 5.92 Å². The van der Waals surface area contributed by atoms with Crippen LogP contribution in [-0.4, -0.2) is 39.3 Å². The van der Waals surface area contributed by atoms with E-state index in [1.165, 1.54) is 25.7 Å². The highest BCUT2D eigenvalue weighted by Gasteiger charge is 2.37. The highest BCUT2D eigenvalue weighted by Crippen LogP contribution is 2.35. The van der Waals surface area contributed by atoms with Gasteiger partial charge in [-0.1, -0.05) is 26.7 Å². The maximum absolute atomic E-state index is 5.39. The molecule has 0 unspecified atom stereocenters. The lowest BCUT2D eigenvalue weighted by atomic mass is 9.95. The molecule has 0 radical (unpaired) electrons. The number of likely N-dealkylation sites (N-methyl/N-ethyl adjacent to an activating group) is 1. The summed E-state index contributed by atoms with van der Waals surface area (Å²) in [4.78, 5) is 2.37. The molecule has 0 atom stereocenters. The summed E-state index contributed by atoms with van der Waals surface area (Å²) in [6, 6.07) is 0. The number of rotatable bonds is 4. The molecule has 0 amide bonds. The van der Waals surface area contributed by atoms with Crippen LogP contribution in [0.3, 0.4) is 0 Å². The average Bonchev–Trinajstić information content (AvgIpc) is 2.88. The Hall–Kier alpha value is -0.680. The van der Waals surface area contributed by atoms with Gasteiger partial charge in [-0.15, -0.1) is 0 Å². The Kier molecular flexibility index (Phi) is 3.92. The molecule has 1 heterocycles. The highest BCUT2D eigenvalue weighted by molar-refractivity contribution is 7.71. The third-order valence-corrected chi connectivity index (χ3v) is 4.55. The van der Waals surface area contributed by atoms with Crippen molar-refractivity contribution in [2.75, 3.05) is 14.1 Å². The normalized spacial score (nSPS) is 19.0. The molecule has 1 saturated carbocycles. The lowest BCUT2D eigenvalue weighted by molar-refractivity contribution is 0.131. The summed E-state index contributed by atoms with van der Waals surface area (Å²) in [7, 11) is 4.37. The number of aromatic nitrogens is 3. The summed E-state index contributed by atoms with van der Waals surface area (Å²) in [5, 5.41) is 7.32. The van der Waals surface area contributed by atoms with E-state index in [2.05, 4.69) is 47.6 Å². The molecule has 1 aliphatic rings. The van der Waals surface area contributed by atoms with E-state index in [0.717, 1.165) is 17.1 Å². The molecule has 1 aliphatic carbocycles. The molecular formula is C13H24N4S. The summed E-state index contributed by atoms with van der Waals surface area (Å²) < 4.78 is 2.96. The second-order valence-electron chi connectivity index (χ2n) is 5.95. The zero-order valence-electron chi connectivity index (χ0n) is 11.9. The van der Waals surface area contributed by atoms with Crippen LogP contribution in [0.25, 0.3) is 0 Å². The van der Waals surface area contributed by atoms with E-state index in [-0.39, 0.29) is 5.54 Å². The monoisotopic (exact) mass is 268 g/mol. The van der Waals surface area contributed by atoms with Crippen molar-refractivity contribution in [3.63, 3.8) is 0 Å². The number of H-pyrrole nitrogens is 1. The summed E-state index contributed by atoms with van der Waals surface area (Å²) >= 11 is 5.39. The molecule has 1 fully saturated rings. The zero-order valence-corrected chi connectivity index (χ0v) is 12.7. The van der Waals surface area contributed by atoms with Crippen LogP contribution in [0.4, 0.5) is 0 Å². The highest BCUT2D eigenvalue weighted by atomic mass is 32.1. The van der Waals surface area contributed by atoms with Gasteiger partial charge >= 0.3 is 0 Å². The number of nitrogens with zero attached hydrogens (tertiary/aromatic N) is 3. The number of aromatic amines is 1. The first kappa shape index (κ1) is 13.7. The van der Waals surface area contributed by atoms with Crippen molar-refractivity contribution in [1.82, 2.24) is 19.7 Å². The summed E-state index contributed by atoms with van der Waals surface area (Å²) in [5.41, 5.74) is 0.256. The van der Waals surface area contributed by atoms with Gasteiger partial charge < -0.3 is 9.47 Å². The van der Waals surface area contributed by atoms with E-state index in [1.54, 1.807) is 0 Å². The van der Waals surface area contributed by atoms with Crippen LogP contribution >= 0.6 is 12.2 Å². The molecule has 1 aromatic heterocycles. The number of nitrogens with one attached hydrogen (secondary N) is 1. The topological polar surface area (TPSA) is 36.9 Å². The van der Waals surface area contributed by atoms with Gasteiger partial charge in [-0.2, -0.15) is 5.10 Å². The summed E-state index contributed by atoms with van der Waals surface area (Å²) in [5.74, 6) is 1.48. The minimum atomic E-state index is 0.256. The molecule has 0 aliphatic heterocycles. The Balaban J connectivity index is 2.32.